The maximum Gasteiger partial charge on any atom is 0.491 e. The number of carbonyl (C=O) groups excluding carboxylic acids is 1. The molecule has 7 nitrogen and oxygen atoms in total. The molecule has 27 heavy (non-hydrogen) atoms. The number of nitrogen functional groups attached to an aromatic ring is 1. The Morgan fingerprint density at radius 1 is 1.33 bits per heavy atom. The number of nitrogens with two attached hydrogens (primary N) is 1. The summed E-state index contributed by atoms with van der Waals surface area (Å²) in [6.45, 7) is 0.0572. The van der Waals surface area contributed by atoms with Crippen LogP contribution in [0.3, 0.4) is 0 Å². The molecular formula is C17H17BFNO6S. The van der Waals surface area contributed by atoms with E-state index in [1.807, 2.05) is 0 Å². The topological polar surface area (TPSA) is 116 Å². The van der Waals surface area contributed by atoms with Crippen LogP contribution in [0.4, 0.5) is 10.1 Å². The van der Waals surface area contributed by atoms with E-state index < -0.39 is 34.5 Å². The number of anilines is 1. The molecule has 0 amide bonds. The van der Waals surface area contributed by atoms with Crippen LogP contribution in [0.5, 0.6) is 0 Å². The van der Waals surface area contributed by atoms with Crippen molar-refractivity contribution in [3.05, 3.63) is 52.8 Å². The van der Waals surface area contributed by atoms with Crippen LogP contribution in [-0.4, -0.2) is 33.6 Å². The zero-order valence-corrected chi connectivity index (χ0v) is 15.3. The van der Waals surface area contributed by atoms with E-state index in [2.05, 4.69) is 4.74 Å². The van der Waals surface area contributed by atoms with Crippen molar-refractivity contribution < 1.29 is 32.0 Å². The minimum Gasteiger partial charge on any atom is -0.469 e. The molecule has 0 unspecified atom stereocenters. The average Bonchev–Trinajstić information content (AvgIpc) is 2.95. The Kier molecular flexibility index (Phi) is 5.23. The number of benzene rings is 2. The van der Waals surface area contributed by atoms with Crippen LogP contribution in [-0.2, 0) is 42.8 Å². The van der Waals surface area contributed by atoms with E-state index >= 15 is 0 Å². The predicted molar refractivity (Wildman–Crippen MR) is 96.3 cm³/mol. The highest BCUT2D eigenvalue weighted by Gasteiger charge is 2.30. The van der Waals surface area contributed by atoms with E-state index in [-0.39, 0.29) is 34.7 Å². The van der Waals surface area contributed by atoms with Crippen LogP contribution >= 0.6 is 0 Å². The number of sulfone groups is 1. The standard InChI is InChI=1S/C17H17BFNO6S/c1-25-17(21)7-10-4-13(20)2-3-16(10)27(23,24)9-12-5-14-11(6-15(12)19)8-26-18(14)22/h2-6,22H,7-9,20H2,1H3. The van der Waals surface area contributed by atoms with E-state index in [0.717, 1.165) is 6.07 Å². The third-order valence-electron chi connectivity index (χ3n) is 4.30. The summed E-state index contributed by atoms with van der Waals surface area (Å²) >= 11 is 0. The molecule has 2 aromatic carbocycles. The molecule has 3 N–H and O–H groups in total. The summed E-state index contributed by atoms with van der Waals surface area (Å²) in [7, 11) is -4.02. The van der Waals surface area contributed by atoms with Gasteiger partial charge in [-0.3, -0.25) is 4.79 Å². The molecule has 0 aromatic heterocycles. The summed E-state index contributed by atoms with van der Waals surface area (Å²) in [5, 5.41) is 9.75. The second-order valence-corrected chi connectivity index (χ2v) is 8.14. The van der Waals surface area contributed by atoms with Gasteiger partial charge in [0.2, 0.25) is 0 Å². The highest BCUT2D eigenvalue weighted by Crippen LogP contribution is 2.25. The molecule has 0 fully saturated rings. The van der Waals surface area contributed by atoms with Gasteiger partial charge >= 0.3 is 13.1 Å². The van der Waals surface area contributed by atoms with Gasteiger partial charge in [0.25, 0.3) is 0 Å². The minimum absolute atomic E-state index is 0.0572. The maximum absolute atomic E-state index is 14.4. The quantitative estimate of drug-likeness (QED) is 0.427. The van der Waals surface area contributed by atoms with Crippen molar-refractivity contribution in [1.29, 1.82) is 0 Å². The van der Waals surface area contributed by atoms with Crippen LogP contribution in [0, 0.1) is 5.82 Å². The fourth-order valence-corrected chi connectivity index (χ4v) is 4.55. The lowest BCUT2D eigenvalue weighted by Crippen LogP contribution is -2.29. The van der Waals surface area contributed by atoms with E-state index in [1.54, 1.807) is 0 Å². The van der Waals surface area contributed by atoms with Crippen LogP contribution in [0.1, 0.15) is 16.7 Å². The van der Waals surface area contributed by atoms with E-state index in [0.29, 0.717) is 11.0 Å². The number of carbonyl (C=O) groups is 1. The van der Waals surface area contributed by atoms with Gasteiger partial charge in [0.15, 0.2) is 9.84 Å². The van der Waals surface area contributed by atoms with Gasteiger partial charge in [-0.25, -0.2) is 12.8 Å². The predicted octanol–water partition coefficient (Wildman–Crippen LogP) is 0.315. The Morgan fingerprint density at radius 2 is 2.07 bits per heavy atom. The summed E-state index contributed by atoms with van der Waals surface area (Å²) in [4.78, 5) is 11.5. The second-order valence-electron chi connectivity index (χ2n) is 6.18. The van der Waals surface area contributed by atoms with Crippen molar-refractivity contribution in [1.82, 2.24) is 0 Å². The zero-order chi connectivity index (χ0) is 19.8. The molecule has 0 radical (unpaired) electrons. The number of ether oxygens (including phenoxy) is 1. The Bertz CT molecular complexity index is 1010. The van der Waals surface area contributed by atoms with Gasteiger partial charge in [0.05, 0.1) is 30.8 Å². The van der Waals surface area contributed by atoms with Gasteiger partial charge in [0, 0.05) is 11.3 Å². The molecule has 142 valence electrons. The fourth-order valence-electron chi connectivity index (χ4n) is 2.95. The van der Waals surface area contributed by atoms with Crippen LogP contribution < -0.4 is 11.2 Å². The van der Waals surface area contributed by atoms with Gasteiger partial charge in [-0.05, 0) is 40.9 Å². The van der Waals surface area contributed by atoms with Crippen molar-refractivity contribution in [2.45, 2.75) is 23.7 Å². The number of rotatable bonds is 5. The molecule has 0 aliphatic carbocycles. The normalized spacial score (nSPS) is 13.5. The Labute approximate surface area is 156 Å². The number of methoxy groups -OCH3 is 1. The molecule has 1 aliphatic rings. The molecule has 0 saturated heterocycles. The van der Waals surface area contributed by atoms with Crippen LogP contribution in [0.15, 0.2) is 35.2 Å². The highest BCUT2D eigenvalue weighted by molar-refractivity contribution is 7.90. The molecule has 10 heteroatoms. The van der Waals surface area contributed by atoms with Crippen molar-refractivity contribution in [2.24, 2.45) is 0 Å². The average molecular weight is 393 g/mol. The Morgan fingerprint density at radius 3 is 2.78 bits per heavy atom. The SMILES string of the molecule is COC(=O)Cc1cc(N)ccc1S(=O)(=O)Cc1cc2c(cc1F)COB2O. The number of fused-ring (bicyclic) bond motifs is 1. The lowest BCUT2D eigenvalue weighted by molar-refractivity contribution is -0.139. The Hall–Kier alpha value is -2.43. The number of hydrogen-bond donors (Lipinski definition) is 2. The van der Waals surface area contributed by atoms with Crippen LogP contribution in [0.2, 0.25) is 0 Å². The van der Waals surface area contributed by atoms with Crippen molar-refractivity contribution in [2.75, 3.05) is 12.8 Å². The summed E-state index contributed by atoms with van der Waals surface area (Å²) < 4.78 is 49.7. The van der Waals surface area contributed by atoms with Crippen LogP contribution in [0.25, 0.3) is 0 Å². The van der Waals surface area contributed by atoms with Crippen molar-refractivity contribution >= 4 is 34.1 Å². The monoisotopic (exact) mass is 393 g/mol. The van der Waals surface area contributed by atoms with Gasteiger partial charge in [0.1, 0.15) is 5.82 Å². The van der Waals surface area contributed by atoms with Gasteiger partial charge in [-0.1, -0.05) is 6.07 Å². The zero-order valence-electron chi connectivity index (χ0n) is 14.4. The van der Waals surface area contributed by atoms with Gasteiger partial charge < -0.3 is 20.1 Å². The number of esters is 1. The first-order valence-corrected chi connectivity index (χ1v) is 9.65. The third-order valence-corrected chi connectivity index (χ3v) is 6.06. The van der Waals surface area contributed by atoms with Gasteiger partial charge in [-0.2, -0.15) is 0 Å². The van der Waals surface area contributed by atoms with E-state index in [1.165, 1.54) is 31.4 Å². The van der Waals surface area contributed by atoms with Gasteiger partial charge in [-0.15, -0.1) is 0 Å². The molecular weight excluding hydrogens is 376 g/mol. The minimum atomic E-state index is -4.00. The first-order chi connectivity index (χ1) is 12.7. The lowest BCUT2D eigenvalue weighted by atomic mass is 9.79. The first-order valence-electron chi connectivity index (χ1n) is 8.00. The molecule has 0 saturated carbocycles. The summed E-state index contributed by atoms with van der Waals surface area (Å²) in [6, 6.07) is 6.50. The van der Waals surface area contributed by atoms with E-state index in [9.17, 15) is 22.6 Å². The lowest BCUT2D eigenvalue weighted by Gasteiger charge is -2.12. The fraction of sp³-hybridized carbons (Fsp3) is 0.235. The smallest absolute Gasteiger partial charge is 0.469 e. The number of halogens is 1. The largest absolute Gasteiger partial charge is 0.491 e. The molecule has 0 spiro atoms. The first kappa shape index (κ1) is 19.3. The summed E-state index contributed by atoms with van der Waals surface area (Å²) in [5.41, 5.74) is 6.87. The second kappa shape index (κ2) is 7.30. The molecule has 2 aromatic rings. The van der Waals surface area contributed by atoms with E-state index in [4.69, 9.17) is 10.4 Å². The maximum atomic E-state index is 14.4. The molecule has 1 aliphatic heterocycles. The van der Waals surface area contributed by atoms with Crippen molar-refractivity contribution in [3.8, 4) is 0 Å². The molecule has 0 bridgehead atoms. The Balaban J connectivity index is 1.99. The molecule has 1 heterocycles. The third kappa shape index (κ3) is 3.97. The van der Waals surface area contributed by atoms with Crippen molar-refractivity contribution in [3.63, 3.8) is 0 Å². The highest BCUT2D eigenvalue weighted by atomic mass is 32.2. The number of hydrogen-bond acceptors (Lipinski definition) is 7. The molecule has 0 atom stereocenters. The molecule has 3 rings (SSSR count). The summed E-state index contributed by atoms with van der Waals surface area (Å²) in [6.07, 6.45) is -0.282. The summed E-state index contributed by atoms with van der Waals surface area (Å²) in [5.74, 6) is -1.97.